The van der Waals surface area contributed by atoms with Crippen molar-refractivity contribution in [1.29, 1.82) is 0 Å². The van der Waals surface area contributed by atoms with Crippen molar-refractivity contribution in [3.8, 4) is 11.1 Å². The van der Waals surface area contributed by atoms with Crippen molar-refractivity contribution in [2.75, 3.05) is 11.1 Å². The lowest BCUT2D eigenvalue weighted by Crippen LogP contribution is -2.17. The van der Waals surface area contributed by atoms with Gasteiger partial charge in [-0.05, 0) is 35.9 Å². The van der Waals surface area contributed by atoms with Crippen LogP contribution in [0.25, 0.3) is 22.2 Å². The second-order valence-corrected chi connectivity index (χ2v) is 6.68. The Labute approximate surface area is 171 Å². The Morgan fingerprint density at radius 3 is 2.45 bits per heavy atom. The lowest BCUT2D eigenvalue weighted by atomic mass is 10.0. The number of nitrogens with one attached hydrogen (secondary N) is 2. The van der Waals surface area contributed by atoms with Crippen molar-refractivity contribution in [2.24, 2.45) is 0 Å². The summed E-state index contributed by atoms with van der Waals surface area (Å²) in [5, 5.41) is 2.85. The van der Waals surface area contributed by atoms with E-state index in [4.69, 9.17) is 5.73 Å². The maximum absolute atomic E-state index is 14.1. The molecule has 0 bridgehead atoms. The number of hydrogen-bond donors (Lipinski definition) is 3. The molecule has 0 fully saturated rings. The van der Waals surface area contributed by atoms with E-state index in [-0.39, 0.29) is 11.4 Å². The maximum atomic E-state index is 14.1. The van der Waals surface area contributed by atoms with Crippen molar-refractivity contribution >= 4 is 28.3 Å². The number of H-pyrrole nitrogens is 1. The van der Waals surface area contributed by atoms with Gasteiger partial charge in [0.15, 0.2) is 5.82 Å². The number of nitrogens with two attached hydrogens (primary N) is 1. The first-order valence-corrected chi connectivity index (χ1v) is 8.84. The van der Waals surface area contributed by atoms with E-state index in [0.717, 1.165) is 24.3 Å². The predicted molar refractivity (Wildman–Crippen MR) is 105 cm³/mol. The molecular weight excluding hydrogens is 419 g/mol. The van der Waals surface area contributed by atoms with Crippen LogP contribution in [0, 0.1) is 11.6 Å². The van der Waals surface area contributed by atoms with Gasteiger partial charge in [0.05, 0.1) is 23.1 Å². The number of rotatable bonds is 3. The van der Waals surface area contributed by atoms with E-state index in [1.54, 1.807) is 6.20 Å². The van der Waals surface area contributed by atoms with Gasteiger partial charge in [-0.2, -0.15) is 13.2 Å². The van der Waals surface area contributed by atoms with Gasteiger partial charge in [-0.1, -0.05) is 12.1 Å². The third-order valence-electron chi connectivity index (χ3n) is 4.66. The molecule has 0 spiro atoms. The van der Waals surface area contributed by atoms with E-state index in [9.17, 15) is 26.7 Å². The fraction of sp³-hybridized carbons (Fsp3) is 0.0476. The summed E-state index contributed by atoms with van der Waals surface area (Å²) in [5.41, 5.74) is 4.96. The van der Waals surface area contributed by atoms with Crippen LogP contribution in [0.2, 0.25) is 0 Å². The molecule has 0 saturated carbocycles. The van der Waals surface area contributed by atoms with Gasteiger partial charge >= 0.3 is 6.18 Å². The highest BCUT2D eigenvalue weighted by molar-refractivity contribution is 6.06. The smallest absolute Gasteiger partial charge is 0.396 e. The van der Waals surface area contributed by atoms with E-state index < -0.39 is 34.8 Å². The number of nitrogens with zero attached hydrogens (tertiary/aromatic N) is 1. The number of hydrogen-bond acceptors (Lipinski definition) is 3. The average molecular weight is 432 g/mol. The van der Waals surface area contributed by atoms with Gasteiger partial charge in [-0.15, -0.1) is 0 Å². The van der Waals surface area contributed by atoms with Crippen molar-refractivity contribution in [3.05, 3.63) is 77.6 Å². The monoisotopic (exact) mass is 432 g/mol. The summed E-state index contributed by atoms with van der Waals surface area (Å²) in [5.74, 6) is -3.32. The Bertz CT molecular complexity index is 1300. The molecule has 2 aromatic heterocycles. The summed E-state index contributed by atoms with van der Waals surface area (Å²) in [7, 11) is 0. The largest absolute Gasteiger partial charge is 0.416 e. The molecular formula is C21H13F5N4O. The second kappa shape index (κ2) is 7.38. The molecule has 31 heavy (non-hydrogen) atoms. The van der Waals surface area contributed by atoms with Crippen LogP contribution in [0.4, 0.5) is 33.3 Å². The quantitative estimate of drug-likeness (QED) is 0.301. The molecule has 4 rings (SSSR count). The van der Waals surface area contributed by atoms with Gasteiger partial charge in [0, 0.05) is 17.1 Å². The lowest BCUT2D eigenvalue weighted by Gasteiger charge is -2.09. The summed E-state index contributed by atoms with van der Waals surface area (Å²) in [4.78, 5) is 19.4. The van der Waals surface area contributed by atoms with E-state index in [1.165, 1.54) is 24.4 Å². The summed E-state index contributed by atoms with van der Waals surface area (Å²) in [6.45, 7) is 0. The van der Waals surface area contributed by atoms with Gasteiger partial charge in [-0.25, -0.2) is 13.8 Å². The number of carbonyl (C=O) groups excluding carboxylic acids is 1. The molecule has 0 saturated heterocycles. The molecule has 4 aromatic rings. The number of alkyl halides is 3. The molecule has 158 valence electrons. The van der Waals surface area contributed by atoms with Crippen LogP contribution >= 0.6 is 0 Å². The van der Waals surface area contributed by atoms with E-state index >= 15 is 0 Å². The van der Waals surface area contributed by atoms with E-state index in [0.29, 0.717) is 22.2 Å². The SMILES string of the molecule is Nc1ccc(F)c(C(=O)Nc2cnc3[nH]cc(-c4ccc(C(F)(F)F)cc4)c3c2)c1F. The normalized spacial score (nSPS) is 11.6. The standard InChI is InChI=1S/C21H13F5N4O/c22-15-5-6-16(27)18(23)17(15)20(31)30-12-7-13-14(9-29-19(13)28-8-12)10-1-3-11(4-2-10)21(24,25)26/h1-9H,27H2,(H,28,29)(H,30,31). The highest BCUT2D eigenvalue weighted by atomic mass is 19.4. The van der Waals surface area contributed by atoms with Crippen molar-refractivity contribution in [2.45, 2.75) is 6.18 Å². The fourth-order valence-electron chi connectivity index (χ4n) is 3.12. The van der Waals surface area contributed by atoms with Crippen LogP contribution in [0.5, 0.6) is 0 Å². The first-order valence-electron chi connectivity index (χ1n) is 8.84. The first kappa shape index (κ1) is 20.3. The maximum Gasteiger partial charge on any atom is 0.416 e. The molecule has 4 N–H and O–H groups in total. The Hall–Kier alpha value is -3.95. The number of halogens is 5. The van der Waals surface area contributed by atoms with Crippen LogP contribution in [0.3, 0.4) is 0 Å². The number of nitrogen functional groups attached to an aromatic ring is 1. The van der Waals surface area contributed by atoms with Crippen molar-refractivity contribution < 1.29 is 26.7 Å². The number of aromatic amines is 1. The minimum atomic E-state index is -4.46. The Balaban J connectivity index is 1.68. The first-order chi connectivity index (χ1) is 14.6. The zero-order valence-electron chi connectivity index (χ0n) is 15.5. The van der Waals surface area contributed by atoms with Crippen LogP contribution in [0.1, 0.15) is 15.9 Å². The van der Waals surface area contributed by atoms with Crippen molar-refractivity contribution in [1.82, 2.24) is 9.97 Å². The van der Waals surface area contributed by atoms with Gasteiger partial charge in [0.2, 0.25) is 0 Å². The van der Waals surface area contributed by atoms with E-state index in [2.05, 4.69) is 15.3 Å². The van der Waals surface area contributed by atoms with Crippen LogP contribution in [-0.2, 0) is 6.18 Å². The number of amides is 1. The molecule has 5 nitrogen and oxygen atoms in total. The van der Waals surface area contributed by atoms with E-state index in [1.807, 2.05) is 0 Å². The van der Waals surface area contributed by atoms with Gasteiger partial charge < -0.3 is 16.0 Å². The molecule has 10 heteroatoms. The molecule has 0 radical (unpaired) electrons. The number of carbonyl (C=O) groups is 1. The number of pyridine rings is 1. The third kappa shape index (κ3) is 3.79. The van der Waals surface area contributed by atoms with Crippen molar-refractivity contribution in [3.63, 3.8) is 0 Å². The highest BCUT2D eigenvalue weighted by Gasteiger charge is 2.30. The van der Waals surface area contributed by atoms with Gasteiger partial charge in [0.1, 0.15) is 17.0 Å². The van der Waals surface area contributed by atoms with Crippen LogP contribution in [0.15, 0.2) is 54.9 Å². The molecule has 0 aliphatic carbocycles. The highest BCUT2D eigenvalue weighted by Crippen LogP contribution is 2.33. The topological polar surface area (TPSA) is 83.8 Å². The zero-order chi connectivity index (χ0) is 22.3. The summed E-state index contributed by atoms with van der Waals surface area (Å²) >= 11 is 0. The van der Waals surface area contributed by atoms with Crippen LogP contribution in [-0.4, -0.2) is 15.9 Å². The minimum Gasteiger partial charge on any atom is -0.396 e. The number of anilines is 2. The third-order valence-corrected chi connectivity index (χ3v) is 4.66. The Kier molecular flexibility index (Phi) is 4.84. The molecule has 0 aliphatic rings. The number of aromatic nitrogens is 2. The Morgan fingerprint density at radius 2 is 1.77 bits per heavy atom. The lowest BCUT2D eigenvalue weighted by molar-refractivity contribution is -0.137. The average Bonchev–Trinajstić information content (AvgIpc) is 3.14. The predicted octanol–water partition coefficient (Wildman–Crippen LogP) is 5.36. The summed E-state index contributed by atoms with van der Waals surface area (Å²) in [6, 6.07) is 7.92. The Morgan fingerprint density at radius 1 is 1.06 bits per heavy atom. The molecule has 1 amide bonds. The number of fused-ring (bicyclic) bond motifs is 1. The summed E-state index contributed by atoms with van der Waals surface area (Å²) < 4.78 is 66.4. The van der Waals surface area contributed by atoms with Gasteiger partial charge in [0.25, 0.3) is 5.91 Å². The second-order valence-electron chi connectivity index (χ2n) is 6.68. The van der Waals surface area contributed by atoms with Crippen LogP contribution < -0.4 is 11.1 Å². The molecule has 0 unspecified atom stereocenters. The number of benzene rings is 2. The molecule has 0 atom stereocenters. The minimum absolute atomic E-state index is 0.131. The molecule has 2 aromatic carbocycles. The molecule has 0 aliphatic heterocycles. The zero-order valence-corrected chi connectivity index (χ0v) is 15.5. The fourth-order valence-corrected chi connectivity index (χ4v) is 3.12. The molecule has 2 heterocycles. The summed E-state index contributed by atoms with van der Waals surface area (Å²) in [6.07, 6.45) is -1.62. The van der Waals surface area contributed by atoms with Gasteiger partial charge in [-0.3, -0.25) is 4.79 Å².